The average Bonchev–Trinajstić information content (AvgIpc) is 2.83. The van der Waals surface area contributed by atoms with Crippen LogP contribution in [0.2, 0.25) is 0 Å². The van der Waals surface area contributed by atoms with Crippen LogP contribution in [0, 0.1) is 0 Å². The zero-order valence-electron chi connectivity index (χ0n) is 13.3. The molecular weight excluding hydrogens is 344 g/mol. The first-order valence-corrected chi connectivity index (χ1v) is 7.45. The number of anilines is 1. The second-order valence-electron chi connectivity index (χ2n) is 4.93. The maximum Gasteiger partial charge on any atom is 0.351 e. The van der Waals surface area contributed by atoms with E-state index in [9.17, 15) is 19.8 Å². The minimum absolute atomic E-state index is 0.0459. The average molecular weight is 363 g/mol. The first-order valence-electron chi connectivity index (χ1n) is 7.32. The molecule has 11 nitrogen and oxygen atoms in total. The monoisotopic (exact) mass is 363 g/mol. The highest BCUT2D eigenvalue weighted by Crippen LogP contribution is 2.28. The first-order chi connectivity index (χ1) is 11.7. The van der Waals surface area contributed by atoms with Gasteiger partial charge in [0.2, 0.25) is 0 Å². The number of esters is 1. The molecule has 1 aromatic rings. The van der Waals surface area contributed by atoms with Crippen LogP contribution >= 0.6 is 12.6 Å². The minimum Gasteiger partial charge on any atom is -0.462 e. The van der Waals surface area contributed by atoms with Crippen LogP contribution in [0.5, 0.6) is 0 Å². The predicted octanol–water partition coefficient (Wildman–Crippen LogP) is -2.54. The molecule has 1 saturated heterocycles. The molecule has 6 N–H and O–H groups in total. The summed E-state index contributed by atoms with van der Waals surface area (Å²) in [6.07, 6.45) is -6.07. The fourth-order valence-corrected chi connectivity index (χ4v) is 2.10. The van der Waals surface area contributed by atoms with Gasteiger partial charge in [-0.15, -0.1) is 0 Å². The smallest absolute Gasteiger partial charge is 0.351 e. The van der Waals surface area contributed by atoms with E-state index < -0.39 is 48.8 Å². The molecule has 2 heterocycles. The lowest BCUT2D eigenvalue weighted by Gasteiger charge is -2.17. The Morgan fingerprint density at radius 2 is 2.33 bits per heavy atom. The molecule has 0 radical (unpaired) electrons. The van der Waals surface area contributed by atoms with Crippen molar-refractivity contribution < 1.29 is 31.1 Å². The number of carbonyl (C=O) groups is 1. The molecule has 2 rings (SSSR count). The van der Waals surface area contributed by atoms with Crippen LogP contribution < -0.4 is 16.9 Å². The van der Waals surface area contributed by atoms with E-state index in [1.807, 2.05) is 0 Å². The summed E-state index contributed by atoms with van der Waals surface area (Å²) in [5.74, 6) is -0.923. The Bertz CT molecular complexity index is 692. The Morgan fingerprint density at radius 3 is 2.92 bits per heavy atom. The quantitative estimate of drug-likeness (QED) is 0.180. The fraction of sp³-hybridized carbons (Fsp3) is 0.583. The predicted molar refractivity (Wildman–Crippen MR) is 82.6 cm³/mol. The summed E-state index contributed by atoms with van der Waals surface area (Å²) >= 11 is 3.85. The number of ether oxygens (including phenoxy) is 2. The normalized spacial score (nSPS) is 31.4. The number of thiol groups is 1. The Labute approximate surface area is 142 Å². The molecule has 0 spiro atoms. The molecular formula is C12H18N4O7S. The number of aliphatic hydroxyl groups excluding tert-OH is 2. The van der Waals surface area contributed by atoms with Gasteiger partial charge < -0.3 is 25.4 Å². The molecule has 24 heavy (non-hydrogen) atoms. The standard InChI is InChI=1S/C12H18N4O7S/c13-5(4-24)11(19)22-3-6-8(17)9(18)10(23-6)16-2-1-7(15-21)14-12(16)20/h1-2,5-6,8-10,17-18,21,24H,3-4,13H2,(H,14,15,20)/t5-,6-,8-,9-,10-/m1/s1/i10D. The lowest BCUT2D eigenvalue weighted by molar-refractivity contribution is -0.151. The van der Waals surface area contributed by atoms with Crippen molar-refractivity contribution in [3.05, 3.63) is 22.7 Å². The molecule has 12 heteroatoms. The zero-order valence-corrected chi connectivity index (χ0v) is 13.2. The van der Waals surface area contributed by atoms with Gasteiger partial charge in [0.25, 0.3) is 0 Å². The molecule has 0 amide bonds. The van der Waals surface area contributed by atoms with Gasteiger partial charge in [-0.3, -0.25) is 20.0 Å². The van der Waals surface area contributed by atoms with E-state index in [1.165, 1.54) is 0 Å². The summed E-state index contributed by atoms with van der Waals surface area (Å²) < 4.78 is 18.9. The van der Waals surface area contributed by atoms with Gasteiger partial charge in [0.05, 0.1) is 1.37 Å². The van der Waals surface area contributed by atoms with E-state index in [0.717, 1.165) is 12.3 Å². The molecule has 1 fully saturated rings. The number of aromatic nitrogens is 2. The molecule has 0 bridgehead atoms. The highest BCUT2D eigenvalue weighted by atomic mass is 32.1. The van der Waals surface area contributed by atoms with E-state index in [0.29, 0.717) is 4.57 Å². The number of rotatable bonds is 6. The molecule has 0 aromatic carbocycles. The van der Waals surface area contributed by atoms with Crippen molar-refractivity contribution in [1.29, 1.82) is 0 Å². The molecule has 0 saturated carbocycles. The number of aliphatic hydroxyl groups is 2. The van der Waals surface area contributed by atoms with Crippen molar-refractivity contribution in [2.45, 2.75) is 30.6 Å². The summed E-state index contributed by atoms with van der Waals surface area (Å²) in [5, 5.41) is 28.9. The van der Waals surface area contributed by atoms with E-state index >= 15 is 0 Å². The summed E-state index contributed by atoms with van der Waals surface area (Å²) in [5.41, 5.74) is 6.08. The number of hydrogen-bond acceptors (Lipinski definition) is 11. The van der Waals surface area contributed by atoms with Crippen molar-refractivity contribution in [3.8, 4) is 0 Å². The van der Waals surface area contributed by atoms with Gasteiger partial charge >= 0.3 is 11.7 Å². The van der Waals surface area contributed by atoms with Gasteiger partial charge in [0.1, 0.15) is 31.0 Å². The van der Waals surface area contributed by atoms with E-state index in [4.69, 9.17) is 21.8 Å². The molecule has 5 atom stereocenters. The topological polar surface area (TPSA) is 169 Å². The first kappa shape index (κ1) is 17.1. The highest BCUT2D eigenvalue weighted by Gasteiger charge is 2.44. The van der Waals surface area contributed by atoms with Crippen molar-refractivity contribution in [3.63, 3.8) is 0 Å². The molecule has 1 aliphatic heterocycles. The molecule has 1 aliphatic rings. The van der Waals surface area contributed by atoms with E-state index in [-0.39, 0.29) is 11.6 Å². The highest BCUT2D eigenvalue weighted by molar-refractivity contribution is 7.80. The third kappa shape index (κ3) is 3.85. The Hall–Kier alpha value is -1.70. The maximum absolute atomic E-state index is 11.9. The van der Waals surface area contributed by atoms with Crippen LogP contribution in [0.25, 0.3) is 0 Å². The van der Waals surface area contributed by atoms with Gasteiger partial charge in [0, 0.05) is 11.9 Å². The maximum atomic E-state index is 11.9. The van der Waals surface area contributed by atoms with Gasteiger partial charge in [0.15, 0.2) is 12.0 Å². The van der Waals surface area contributed by atoms with Crippen LogP contribution in [-0.2, 0) is 14.3 Å². The summed E-state index contributed by atoms with van der Waals surface area (Å²) in [6.45, 7) is -0.488. The van der Waals surface area contributed by atoms with Crippen molar-refractivity contribution in [2.75, 3.05) is 17.8 Å². The Kier molecular flexibility index (Phi) is 5.65. The molecule has 1 aromatic heterocycles. The van der Waals surface area contributed by atoms with Crippen molar-refractivity contribution in [1.82, 2.24) is 9.55 Å². The second kappa shape index (κ2) is 7.92. The van der Waals surface area contributed by atoms with Crippen LogP contribution in [0.4, 0.5) is 5.82 Å². The van der Waals surface area contributed by atoms with Crippen LogP contribution in [0.3, 0.4) is 0 Å². The minimum atomic E-state index is -2.40. The van der Waals surface area contributed by atoms with Crippen LogP contribution in [-0.4, -0.2) is 67.7 Å². The van der Waals surface area contributed by atoms with Gasteiger partial charge in [-0.2, -0.15) is 17.6 Å². The summed E-state index contributed by atoms with van der Waals surface area (Å²) in [7, 11) is 0. The van der Waals surface area contributed by atoms with Crippen LogP contribution in [0.15, 0.2) is 17.1 Å². The van der Waals surface area contributed by atoms with Crippen LogP contribution in [0.1, 0.15) is 7.57 Å². The largest absolute Gasteiger partial charge is 0.462 e. The third-order valence-corrected chi connectivity index (χ3v) is 3.67. The number of nitrogens with two attached hydrogens (primary N) is 1. The Balaban J connectivity index is 2.18. The number of nitrogens with one attached hydrogen (secondary N) is 1. The van der Waals surface area contributed by atoms with E-state index in [2.05, 4.69) is 17.6 Å². The molecule has 134 valence electrons. The van der Waals surface area contributed by atoms with Gasteiger partial charge in [-0.1, -0.05) is 0 Å². The van der Waals surface area contributed by atoms with Crippen molar-refractivity contribution in [2.24, 2.45) is 5.73 Å². The van der Waals surface area contributed by atoms with Gasteiger partial charge in [-0.05, 0) is 6.07 Å². The fourth-order valence-electron chi connectivity index (χ4n) is 1.95. The summed E-state index contributed by atoms with van der Waals surface area (Å²) in [4.78, 5) is 26.9. The number of carbonyl (C=O) groups excluding carboxylic acids is 1. The SMILES string of the molecule is [2H][C@@]1(n2ccc(NO)nc2=O)O[C@H](COC(=O)[C@H](N)CS)[C@@H](O)[C@H]1O. The van der Waals surface area contributed by atoms with Gasteiger partial charge in [-0.25, -0.2) is 4.79 Å². The Morgan fingerprint density at radius 1 is 1.62 bits per heavy atom. The second-order valence-corrected chi connectivity index (χ2v) is 5.29. The van der Waals surface area contributed by atoms with Crippen molar-refractivity contribution >= 4 is 24.4 Å². The molecule has 0 unspecified atom stereocenters. The number of nitrogens with zero attached hydrogens (tertiary/aromatic N) is 2. The van der Waals surface area contributed by atoms with E-state index in [1.54, 1.807) is 5.48 Å². The summed E-state index contributed by atoms with van der Waals surface area (Å²) in [6, 6.07) is 0.178. The molecule has 0 aliphatic carbocycles. The lowest BCUT2D eigenvalue weighted by atomic mass is 10.1. The lowest BCUT2D eigenvalue weighted by Crippen LogP contribution is -2.39. The number of hydrogen-bond donors (Lipinski definition) is 6. The zero-order chi connectivity index (χ0) is 18.8. The third-order valence-electron chi connectivity index (χ3n) is 3.27.